The Morgan fingerprint density at radius 3 is 2.65 bits per heavy atom. The van der Waals surface area contributed by atoms with Gasteiger partial charge in [-0.15, -0.1) is 0 Å². The Kier molecular flexibility index (Phi) is 4.94. The molecule has 0 aliphatic heterocycles. The second-order valence-electron chi connectivity index (χ2n) is 4.77. The first-order chi connectivity index (χ1) is 7.99. The molecule has 0 saturated heterocycles. The number of carboxylic acids is 1. The Morgan fingerprint density at radius 1 is 1.47 bits per heavy atom. The van der Waals surface area contributed by atoms with Gasteiger partial charge in [0.05, 0.1) is 5.92 Å². The molecule has 0 bridgehead atoms. The number of aryl methyl sites for hydroxylation is 1. The zero-order valence-electron chi connectivity index (χ0n) is 10.6. The predicted molar refractivity (Wildman–Crippen MR) is 68.0 cm³/mol. The molecule has 0 aliphatic carbocycles. The van der Waals surface area contributed by atoms with Crippen LogP contribution in [-0.4, -0.2) is 22.6 Å². The molecular weight excluding hydrogens is 216 g/mol. The molecule has 1 atom stereocenters. The largest absolute Gasteiger partial charge is 0.481 e. The van der Waals surface area contributed by atoms with Crippen LogP contribution in [0.2, 0.25) is 0 Å². The maximum Gasteiger partial charge on any atom is 0.308 e. The smallest absolute Gasteiger partial charge is 0.308 e. The summed E-state index contributed by atoms with van der Waals surface area (Å²) in [5, 5.41) is 12.2. The van der Waals surface area contributed by atoms with Crippen molar-refractivity contribution in [3.05, 3.63) is 23.9 Å². The number of carboxylic acid groups (broad SMARTS) is 1. The van der Waals surface area contributed by atoms with Crippen LogP contribution in [0.25, 0.3) is 0 Å². The summed E-state index contributed by atoms with van der Waals surface area (Å²) in [6, 6.07) is 3.82. The van der Waals surface area contributed by atoms with Crippen molar-refractivity contribution < 1.29 is 9.90 Å². The van der Waals surface area contributed by atoms with Crippen LogP contribution in [-0.2, 0) is 4.79 Å². The van der Waals surface area contributed by atoms with E-state index in [0.29, 0.717) is 18.9 Å². The second kappa shape index (κ2) is 6.23. The molecule has 0 radical (unpaired) electrons. The Balaban J connectivity index is 2.51. The summed E-state index contributed by atoms with van der Waals surface area (Å²) in [7, 11) is 0. The third-order valence-electron chi connectivity index (χ3n) is 2.55. The lowest BCUT2D eigenvalue weighted by Crippen LogP contribution is -2.24. The van der Waals surface area contributed by atoms with Gasteiger partial charge in [-0.05, 0) is 30.9 Å². The van der Waals surface area contributed by atoms with Crippen molar-refractivity contribution in [1.82, 2.24) is 4.98 Å². The van der Waals surface area contributed by atoms with Crippen molar-refractivity contribution in [2.45, 2.75) is 27.2 Å². The summed E-state index contributed by atoms with van der Waals surface area (Å²) in [4.78, 5) is 15.2. The highest BCUT2D eigenvalue weighted by Crippen LogP contribution is 2.13. The number of nitrogens with zero attached hydrogens (tertiary/aromatic N) is 1. The van der Waals surface area contributed by atoms with Crippen molar-refractivity contribution in [1.29, 1.82) is 0 Å². The molecule has 94 valence electrons. The van der Waals surface area contributed by atoms with E-state index >= 15 is 0 Å². The molecule has 0 aromatic carbocycles. The molecule has 1 aromatic rings. The van der Waals surface area contributed by atoms with Crippen LogP contribution in [0.3, 0.4) is 0 Å². The lowest BCUT2D eigenvalue weighted by Gasteiger charge is -2.15. The van der Waals surface area contributed by atoms with Crippen molar-refractivity contribution >= 4 is 11.8 Å². The Labute approximate surface area is 102 Å². The minimum Gasteiger partial charge on any atom is -0.481 e. The second-order valence-corrected chi connectivity index (χ2v) is 4.77. The first kappa shape index (κ1) is 13.5. The highest BCUT2D eigenvalue weighted by atomic mass is 16.4. The highest BCUT2D eigenvalue weighted by Gasteiger charge is 2.18. The van der Waals surface area contributed by atoms with E-state index in [9.17, 15) is 4.79 Å². The van der Waals surface area contributed by atoms with Crippen LogP contribution in [0.5, 0.6) is 0 Å². The van der Waals surface area contributed by atoms with Crippen LogP contribution in [0, 0.1) is 18.8 Å². The number of aromatic nitrogens is 1. The molecule has 4 heteroatoms. The first-order valence-corrected chi connectivity index (χ1v) is 5.88. The van der Waals surface area contributed by atoms with E-state index in [2.05, 4.69) is 10.3 Å². The van der Waals surface area contributed by atoms with Crippen molar-refractivity contribution in [3.8, 4) is 0 Å². The number of nitrogens with one attached hydrogen (secondary N) is 1. The van der Waals surface area contributed by atoms with E-state index in [0.717, 1.165) is 11.4 Å². The fourth-order valence-corrected chi connectivity index (χ4v) is 1.64. The lowest BCUT2D eigenvalue weighted by molar-refractivity contribution is -0.141. The number of rotatable bonds is 6. The summed E-state index contributed by atoms with van der Waals surface area (Å²) >= 11 is 0. The number of pyridine rings is 1. The Morgan fingerprint density at radius 2 is 2.18 bits per heavy atom. The number of anilines is 1. The van der Waals surface area contributed by atoms with E-state index in [1.54, 1.807) is 6.20 Å². The standard InChI is InChI=1S/C13H20N2O2/c1-9(2)6-11(13(16)17)8-15-12-5-4-10(3)7-14-12/h4-5,7,9,11H,6,8H2,1-3H3,(H,14,15)(H,16,17). The van der Waals surface area contributed by atoms with Gasteiger partial charge >= 0.3 is 5.97 Å². The molecule has 2 N–H and O–H groups in total. The van der Waals surface area contributed by atoms with Crippen LogP contribution in [0.4, 0.5) is 5.82 Å². The average Bonchev–Trinajstić information content (AvgIpc) is 2.25. The van der Waals surface area contributed by atoms with Gasteiger partial charge < -0.3 is 10.4 Å². The minimum atomic E-state index is -0.752. The molecule has 0 aliphatic rings. The Hall–Kier alpha value is -1.58. The molecule has 4 nitrogen and oxygen atoms in total. The quantitative estimate of drug-likeness (QED) is 0.796. The van der Waals surface area contributed by atoms with E-state index in [1.165, 1.54) is 0 Å². The van der Waals surface area contributed by atoms with Gasteiger partial charge in [-0.3, -0.25) is 4.79 Å². The molecular formula is C13H20N2O2. The van der Waals surface area contributed by atoms with Gasteiger partial charge in [-0.1, -0.05) is 19.9 Å². The zero-order chi connectivity index (χ0) is 12.8. The summed E-state index contributed by atoms with van der Waals surface area (Å²) in [6.07, 6.45) is 2.44. The van der Waals surface area contributed by atoms with E-state index < -0.39 is 5.97 Å². The minimum absolute atomic E-state index is 0.363. The Bertz CT molecular complexity index is 360. The fraction of sp³-hybridized carbons (Fsp3) is 0.538. The molecule has 0 amide bonds. The van der Waals surface area contributed by atoms with Gasteiger partial charge in [0.1, 0.15) is 5.82 Å². The van der Waals surface area contributed by atoms with Crippen LogP contribution in [0.1, 0.15) is 25.8 Å². The molecule has 1 heterocycles. The van der Waals surface area contributed by atoms with Gasteiger partial charge in [0.25, 0.3) is 0 Å². The van der Waals surface area contributed by atoms with Gasteiger partial charge in [-0.2, -0.15) is 0 Å². The number of carbonyl (C=O) groups is 1. The molecule has 0 saturated carbocycles. The van der Waals surface area contributed by atoms with Crippen LogP contribution < -0.4 is 5.32 Å². The van der Waals surface area contributed by atoms with Gasteiger partial charge in [0.15, 0.2) is 0 Å². The van der Waals surface area contributed by atoms with Gasteiger partial charge in [0.2, 0.25) is 0 Å². The van der Waals surface area contributed by atoms with E-state index in [-0.39, 0.29) is 5.92 Å². The molecule has 1 unspecified atom stereocenters. The van der Waals surface area contributed by atoms with Crippen molar-refractivity contribution in [2.75, 3.05) is 11.9 Å². The third-order valence-corrected chi connectivity index (χ3v) is 2.55. The molecule has 17 heavy (non-hydrogen) atoms. The van der Waals surface area contributed by atoms with Crippen molar-refractivity contribution in [2.24, 2.45) is 11.8 Å². The number of hydrogen-bond donors (Lipinski definition) is 2. The predicted octanol–water partition coefficient (Wildman–Crippen LogP) is 2.55. The zero-order valence-corrected chi connectivity index (χ0v) is 10.6. The maximum absolute atomic E-state index is 11.0. The van der Waals surface area contributed by atoms with Gasteiger partial charge in [0, 0.05) is 12.7 Å². The summed E-state index contributed by atoms with van der Waals surface area (Å²) in [5.74, 6) is -0.00843. The van der Waals surface area contributed by atoms with E-state index in [1.807, 2.05) is 32.9 Å². The SMILES string of the molecule is Cc1ccc(NCC(CC(C)C)C(=O)O)nc1. The van der Waals surface area contributed by atoms with E-state index in [4.69, 9.17) is 5.11 Å². The molecule has 0 spiro atoms. The molecule has 1 rings (SSSR count). The first-order valence-electron chi connectivity index (χ1n) is 5.88. The topological polar surface area (TPSA) is 62.2 Å². The van der Waals surface area contributed by atoms with Gasteiger partial charge in [-0.25, -0.2) is 4.98 Å². The monoisotopic (exact) mass is 236 g/mol. The third kappa shape index (κ3) is 4.85. The summed E-state index contributed by atoms with van der Waals surface area (Å²) in [6.45, 7) is 6.44. The van der Waals surface area contributed by atoms with Crippen LogP contribution in [0.15, 0.2) is 18.3 Å². The van der Waals surface area contributed by atoms with Crippen molar-refractivity contribution in [3.63, 3.8) is 0 Å². The molecule has 0 fully saturated rings. The number of hydrogen-bond acceptors (Lipinski definition) is 3. The lowest BCUT2D eigenvalue weighted by atomic mass is 9.97. The summed E-state index contributed by atoms with van der Waals surface area (Å²) < 4.78 is 0. The van der Waals surface area contributed by atoms with Crippen LogP contribution >= 0.6 is 0 Å². The normalized spacial score (nSPS) is 12.5. The summed E-state index contributed by atoms with van der Waals surface area (Å²) in [5.41, 5.74) is 1.09. The maximum atomic E-state index is 11.0. The highest BCUT2D eigenvalue weighted by molar-refractivity contribution is 5.70. The fourth-order valence-electron chi connectivity index (χ4n) is 1.64. The number of aliphatic carboxylic acids is 1. The molecule has 1 aromatic heterocycles. The average molecular weight is 236 g/mol.